The molecule has 0 bridgehead atoms. The molecule has 0 radical (unpaired) electrons. The molecule has 0 aliphatic carbocycles. The van der Waals surface area contributed by atoms with Crippen molar-refractivity contribution in [3.8, 4) is 5.69 Å². The minimum Gasteiger partial charge on any atom is -0.448 e. The summed E-state index contributed by atoms with van der Waals surface area (Å²) in [7, 11) is 0. The third-order valence-electron chi connectivity index (χ3n) is 4.84. The van der Waals surface area contributed by atoms with Crippen molar-refractivity contribution in [2.45, 2.75) is 13.0 Å². The van der Waals surface area contributed by atoms with Gasteiger partial charge in [0.15, 0.2) is 11.8 Å². The number of carbonyl (C=O) groups excluding carboxylic acids is 2. The predicted molar refractivity (Wildman–Crippen MR) is 127 cm³/mol. The molecule has 4 rings (SSSR count). The van der Waals surface area contributed by atoms with E-state index in [1.54, 1.807) is 66.7 Å². The van der Waals surface area contributed by atoms with E-state index in [1.165, 1.54) is 13.0 Å². The van der Waals surface area contributed by atoms with Crippen molar-refractivity contribution in [1.82, 2.24) is 9.78 Å². The SMILES string of the molecule is C[C@H](OC(=O)c1nn(-c2ccccc2)c(=O)c2ccccc12)C(=O)Nc1ccc(Cl)cc1Cl. The van der Waals surface area contributed by atoms with Crippen molar-refractivity contribution in [3.63, 3.8) is 0 Å². The first kappa shape index (κ1) is 22.5. The zero-order valence-electron chi connectivity index (χ0n) is 17.3. The summed E-state index contributed by atoms with van der Waals surface area (Å²) in [4.78, 5) is 38.5. The zero-order chi connectivity index (χ0) is 23.5. The maximum absolute atomic E-state index is 13.0. The van der Waals surface area contributed by atoms with E-state index >= 15 is 0 Å². The van der Waals surface area contributed by atoms with E-state index in [-0.39, 0.29) is 16.3 Å². The number of halogens is 2. The van der Waals surface area contributed by atoms with Gasteiger partial charge in [-0.2, -0.15) is 9.78 Å². The average molecular weight is 482 g/mol. The second-order valence-electron chi connectivity index (χ2n) is 7.11. The molecule has 0 saturated carbocycles. The van der Waals surface area contributed by atoms with Gasteiger partial charge in [-0.05, 0) is 43.3 Å². The molecule has 0 aliphatic rings. The van der Waals surface area contributed by atoms with Crippen LogP contribution in [0.2, 0.25) is 10.0 Å². The molecule has 0 unspecified atom stereocenters. The second-order valence-corrected chi connectivity index (χ2v) is 7.95. The minimum atomic E-state index is -1.16. The molecule has 166 valence electrons. The molecule has 1 amide bonds. The molecule has 0 aliphatic heterocycles. The molecule has 0 spiro atoms. The number of carbonyl (C=O) groups is 2. The first-order valence-corrected chi connectivity index (χ1v) is 10.6. The van der Waals surface area contributed by atoms with E-state index in [2.05, 4.69) is 10.4 Å². The molecule has 1 atom stereocenters. The fourth-order valence-corrected chi connectivity index (χ4v) is 3.64. The first-order chi connectivity index (χ1) is 15.8. The smallest absolute Gasteiger partial charge is 0.360 e. The minimum absolute atomic E-state index is 0.0850. The summed E-state index contributed by atoms with van der Waals surface area (Å²) in [5.41, 5.74) is 0.357. The van der Waals surface area contributed by atoms with Crippen molar-refractivity contribution < 1.29 is 14.3 Å². The number of hydrogen-bond donors (Lipinski definition) is 1. The van der Waals surface area contributed by atoms with Crippen molar-refractivity contribution >= 4 is 51.5 Å². The molecule has 0 fully saturated rings. The lowest BCUT2D eigenvalue weighted by Gasteiger charge is -2.15. The van der Waals surface area contributed by atoms with Gasteiger partial charge in [0.25, 0.3) is 11.5 Å². The number of benzene rings is 3. The van der Waals surface area contributed by atoms with E-state index in [0.717, 1.165) is 4.68 Å². The van der Waals surface area contributed by atoms with Crippen LogP contribution in [0.1, 0.15) is 17.4 Å². The van der Waals surface area contributed by atoms with Gasteiger partial charge >= 0.3 is 5.97 Å². The molecule has 4 aromatic rings. The highest BCUT2D eigenvalue weighted by molar-refractivity contribution is 6.36. The fourth-order valence-electron chi connectivity index (χ4n) is 3.18. The number of para-hydroxylation sites is 1. The highest BCUT2D eigenvalue weighted by Crippen LogP contribution is 2.25. The first-order valence-electron chi connectivity index (χ1n) is 9.89. The van der Waals surface area contributed by atoms with Gasteiger partial charge in [0, 0.05) is 10.4 Å². The maximum atomic E-state index is 13.0. The van der Waals surface area contributed by atoms with Crippen molar-refractivity contribution in [2.24, 2.45) is 0 Å². The number of aromatic nitrogens is 2. The van der Waals surface area contributed by atoms with E-state index < -0.39 is 18.0 Å². The lowest BCUT2D eigenvalue weighted by molar-refractivity contribution is -0.123. The van der Waals surface area contributed by atoms with Crippen LogP contribution in [0.15, 0.2) is 77.6 Å². The third-order valence-corrected chi connectivity index (χ3v) is 5.39. The molecule has 1 aromatic heterocycles. The number of nitrogens with one attached hydrogen (secondary N) is 1. The van der Waals surface area contributed by atoms with Crippen LogP contribution >= 0.6 is 23.2 Å². The highest BCUT2D eigenvalue weighted by atomic mass is 35.5. The van der Waals surface area contributed by atoms with E-state index in [0.29, 0.717) is 27.2 Å². The Kier molecular flexibility index (Phi) is 6.44. The van der Waals surface area contributed by atoms with Crippen LogP contribution in [0.3, 0.4) is 0 Å². The molecular weight excluding hydrogens is 465 g/mol. The molecule has 3 aromatic carbocycles. The highest BCUT2D eigenvalue weighted by Gasteiger charge is 2.24. The van der Waals surface area contributed by atoms with E-state index in [4.69, 9.17) is 27.9 Å². The van der Waals surface area contributed by atoms with Crippen LogP contribution in [0.5, 0.6) is 0 Å². The average Bonchev–Trinajstić information content (AvgIpc) is 2.81. The Hall–Kier alpha value is -3.68. The normalized spacial score (nSPS) is 11.7. The summed E-state index contributed by atoms with van der Waals surface area (Å²) >= 11 is 12.0. The van der Waals surface area contributed by atoms with Gasteiger partial charge in [0.1, 0.15) is 0 Å². The van der Waals surface area contributed by atoms with Gasteiger partial charge in [0.2, 0.25) is 0 Å². The third kappa shape index (κ3) is 4.74. The monoisotopic (exact) mass is 481 g/mol. The molecule has 1 heterocycles. The largest absolute Gasteiger partial charge is 0.448 e. The standard InChI is InChI=1S/C24H17Cl2N3O4/c1-14(22(30)27-20-12-11-15(25)13-19(20)26)33-24(32)21-17-9-5-6-10-18(17)23(31)29(28-21)16-7-3-2-4-8-16/h2-14H,1H3,(H,27,30)/t14-/m0/s1. The van der Waals surface area contributed by atoms with Gasteiger partial charge in [-0.15, -0.1) is 0 Å². The molecule has 9 heteroatoms. The molecular formula is C24H17Cl2N3O4. The Morgan fingerprint density at radius 3 is 2.33 bits per heavy atom. The lowest BCUT2D eigenvalue weighted by atomic mass is 10.1. The number of nitrogens with zero attached hydrogens (tertiary/aromatic N) is 2. The summed E-state index contributed by atoms with van der Waals surface area (Å²) in [5, 5.41) is 8.14. The number of rotatable bonds is 5. The quantitative estimate of drug-likeness (QED) is 0.410. The summed E-state index contributed by atoms with van der Waals surface area (Å²) in [6.45, 7) is 1.42. The van der Waals surface area contributed by atoms with Gasteiger partial charge in [-0.25, -0.2) is 4.79 Å². The number of amides is 1. The molecule has 7 nitrogen and oxygen atoms in total. The summed E-state index contributed by atoms with van der Waals surface area (Å²) in [5.74, 6) is -1.44. The Morgan fingerprint density at radius 1 is 0.970 bits per heavy atom. The van der Waals surface area contributed by atoms with Crippen LogP contribution in [0, 0.1) is 0 Å². The molecule has 1 N–H and O–H groups in total. The van der Waals surface area contributed by atoms with Crippen molar-refractivity contribution in [1.29, 1.82) is 0 Å². The van der Waals surface area contributed by atoms with E-state index in [1.807, 2.05) is 0 Å². The Bertz CT molecular complexity index is 1420. The van der Waals surface area contributed by atoms with Crippen LogP contribution in [-0.2, 0) is 9.53 Å². The predicted octanol–water partition coefficient (Wildman–Crippen LogP) is 4.88. The van der Waals surface area contributed by atoms with Gasteiger partial charge in [-0.3, -0.25) is 9.59 Å². The lowest BCUT2D eigenvalue weighted by Crippen LogP contribution is -2.31. The second kappa shape index (κ2) is 9.44. The van der Waals surface area contributed by atoms with E-state index in [9.17, 15) is 14.4 Å². The Balaban J connectivity index is 1.64. The fraction of sp³-hybridized carbons (Fsp3) is 0.0833. The van der Waals surface area contributed by atoms with Crippen LogP contribution in [0.4, 0.5) is 5.69 Å². The number of anilines is 1. The summed E-state index contributed by atoms with van der Waals surface area (Å²) in [6, 6.07) is 19.9. The number of hydrogen-bond acceptors (Lipinski definition) is 5. The van der Waals surface area contributed by atoms with Crippen molar-refractivity contribution in [3.05, 3.63) is 98.9 Å². The zero-order valence-corrected chi connectivity index (χ0v) is 18.8. The molecule has 0 saturated heterocycles. The van der Waals surface area contributed by atoms with Crippen LogP contribution in [0.25, 0.3) is 16.5 Å². The Labute approximate surface area is 198 Å². The van der Waals surface area contributed by atoms with Gasteiger partial charge in [0.05, 0.1) is 21.8 Å². The topological polar surface area (TPSA) is 90.3 Å². The maximum Gasteiger partial charge on any atom is 0.360 e. The van der Waals surface area contributed by atoms with Crippen LogP contribution in [-0.4, -0.2) is 27.8 Å². The van der Waals surface area contributed by atoms with Gasteiger partial charge < -0.3 is 10.1 Å². The molecule has 33 heavy (non-hydrogen) atoms. The number of ether oxygens (including phenoxy) is 1. The number of esters is 1. The summed E-state index contributed by atoms with van der Waals surface area (Å²) in [6.07, 6.45) is -1.16. The van der Waals surface area contributed by atoms with Crippen molar-refractivity contribution in [2.75, 3.05) is 5.32 Å². The van der Waals surface area contributed by atoms with Crippen LogP contribution < -0.4 is 10.9 Å². The van der Waals surface area contributed by atoms with Gasteiger partial charge in [-0.1, -0.05) is 59.6 Å². The number of fused-ring (bicyclic) bond motifs is 1. The summed E-state index contributed by atoms with van der Waals surface area (Å²) < 4.78 is 6.51. The Morgan fingerprint density at radius 2 is 1.64 bits per heavy atom.